The fraction of sp³-hybridized carbons (Fsp3) is 0.462. The molecule has 1 fully saturated rings. The van der Waals surface area contributed by atoms with Gasteiger partial charge in [-0.1, -0.05) is 0 Å². The first-order valence-electron chi connectivity index (χ1n) is 6.63. The number of hydrogen-bond acceptors (Lipinski definition) is 3. The molecule has 3 heterocycles. The van der Waals surface area contributed by atoms with E-state index >= 15 is 0 Å². The van der Waals surface area contributed by atoms with Crippen LogP contribution >= 0.6 is 15.9 Å². The summed E-state index contributed by atoms with van der Waals surface area (Å²) in [5, 5.41) is 0. The topological polar surface area (TPSA) is 71.0 Å². The van der Waals surface area contributed by atoms with Gasteiger partial charge in [0.05, 0.1) is 19.5 Å². The predicted octanol–water partition coefficient (Wildman–Crippen LogP) is 1.76. The SMILES string of the molecule is C[N+]12C=CN=CC1=C(C1CCN(C(N)=O)CC1)N=C2Br. The minimum atomic E-state index is -0.333. The highest BCUT2D eigenvalue weighted by Gasteiger charge is 2.42. The van der Waals surface area contributed by atoms with E-state index in [0.717, 1.165) is 29.0 Å². The molecular formula is C13H17BrN5O+. The van der Waals surface area contributed by atoms with Crippen LogP contribution in [0.1, 0.15) is 12.8 Å². The quantitative estimate of drug-likeness (QED) is 0.574. The summed E-state index contributed by atoms with van der Waals surface area (Å²) in [5.74, 6) is 0.353. The number of urea groups is 1. The number of primary amides is 1. The third-order valence-corrected chi connectivity index (χ3v) is 5.11. The Bertz CT molecular complexity index is 571. The van der Waals surface area contributed by atoms with Crippen LogP contribution in [0.5, 0.6) is 0 Å². The Hall–Kier alpha value is -1.47. The molecule has 0 aromatic carbocycles. The van der Waals surface area contributed by atoms with Crippen molar-refractivity contribution in [1.82, 2.24) is 4.90 Å². The standard InChI is InChI=1S/C13H16BrN5O/c1-19-7-4-16-8-10(19)11(17-12(19)14)9-2-5-18(6-3-9)13(15)20/h4,7-9H,2-3,5-6H2,1H3,(H-,15,20)/p+1. The zero-order valence-electron chi connectivity index (χ0n) is 11.3. The van der Waals surface area contributed by atoms with Crippen LogP contribution in [-0.2, 0) is 0 Å². The Morgan fingerprint density at radius 2 is 2.20 bits per heavy atom. The molecule has 0 radical (unpaired) electrons. The summed E-state index contributed by atoms with van der Waals surface area (Å²) in [5.41, 5.74) is 7.51. The number of fused-ring (bicyclic) bond motifs is 1. The summed E-state index contributed by atoms with van der Waals surface area (Å²) in [6.07, 6.45) is 7.47. The summed E-state index contributed by atoms with van der Waals surface area (Å²) in [6, 6.07) is -0.333. The van der Waals surface area contributed by atoms with Crippen LogP contribution in [0.25, 0.3) is 0 Å². The average molecular weight is 339 g/mol. The van der Waals surface area contributed by atoms with Crippen molar-refractivity contribution in [3.05, 3.63) is 23.8 Å². The molecule has 0 saturated carbocycles. The molecule has 3 aliphatic heterocycles. The number of aliphatic imine (C=N–C) groups is 2. The minimum Gasteiger partial charge on any atom is -0.351 e. The van der Waals surface area contributed by atoms with Crippen molar-refractivity contribution in [3.63, 3.8) is 0 Å². The molecule has 1 atom stereocenters. The van der Waals surface area contributed by atoms with Gasteiger partial charge in [0.15, 0.2) is 5.70 Å². The van der Waals surface area contributed by atoms with Gasteiger partial charge in [-0.25, -0.2) is 9.28 Å². The minimum absolute atomic E-state index is 0.333. The number of amides is 2. The molecule has 7 heteroatoms. The lowest BCUT2D eigenvalue weighted by Crippen LogP contribution is -2.42. The third kappa shape index (κ3) is 2.01. The molecule has 1 saturated heterocycles. The molecule has 1 unspecified atom stereocenters. The van der Waals surface area contributed by atoms with Gasteiger partial charge in [0, 0.05) is 34.9 Å². The van der Waals surface area contributed by atoms with Crippen molar-refractivity contribution in [1.29, 1.82) is 0 Å². The molecule has 0 aromatic heterocycles. The number of quaternary nitrogens is 1. The molecule has 2 N–H and O–H groups in total. The van der Waals surface area contributed by atoms with Gasteiger partial charge in [0.25, 0.3) is 4.74 Å². The molecule has 3 rings (SSSR count). The Morgan fingerprint density at radius 1 is 1.50 bits per heavy atom. The summed E-state index contributed by atoms with van der Waals surface area (Å²) in [7, 11) is 2.08. The van der Waals surface area contributed by atoms with Crippen molar-refractivity contribution in [2.24, 2.45) is 21.6 Å². The van der Waals surface area contributed by atoms with E-state index in [1.165, 1.54) is 0 Å². The highest BCUT2D eigenvalue weighted by Crippen LogP contribution is 2.38. The average Bonchev–Trinajstić information content (AvgIpc) is 2.71. The molecular weight excluding hydrogens is 322 g/mol. The van der Waals surface area contributed by atoms with Gasteiger partial charge >= 0.3 is 6.03 Å². The third-order valence-electron chi connectivity index (χ3n) is 4.20. The first-order valence-corrected chi connectivity index (χ1v) is 7.42. The number of amidine groups is 1. The lowest BCUT2D eigenvalue weighted by Gasteiger charge is -2.31. The maximum atomic E-state index is 11.2. The van der Waals surface area contributed by atoms with Crippen molar-refractivity contribution in [2.45, 2.75) is 12.8 Å². The van der Waals surface area contributed by atoms with Crippen LogP contribution < -0.4 is 5.73 Å². The highest BCUT2D eigenvalue weighted by molar-refractivity contribution is 9.18. The van der Waals surface area contributed by atoms with E-state index in [1.54, 1.807) is 11.1 Å². The van der Waals surface area contributed by atoms with Gasteiger partial charge < -0.3 is 10.6 Å². The van der Waals surface area contributed by atoms with Crippen molar-refractivity contribution in [2.75, 3.05) is 20.1 Å². The second kappa shape index (κ2) is 4.82. The molecule has 0 bridgehead atoms. The summed E-state index contributed by atoms with van der Waals surface area (Å²) in [6.45, 7) is 1.39. The summed E-state index contributed by atoms with van der Waals surface area (Å²) < 4.78 is 1.41. The number of nitrogens with two attached hydrogens (primary N) is 1. The number of piperidine rings is 1. The molecule has 20 heavy (non-hydrogen) atoms. The fourth-order valence-electron chi connectivity index (χ4n) is 2.88. The monoisotopic (exact) mass is 338 g/mol. The van der Waals surface area contributed by atoms with E-state index in [-0.39, 0.29) is 6.03 Å². The Balaban J connectivity index is 1.85. The van der Waals surface area contributed by atoms with Crippen LogP contribution in [0.2, 0.25) is 0 Å². The first-order chi connectivity index (χ1) is 9.52. The van der Waals surface area contributed by atoms with Gasteiger partial charge in [-0.3, -0.25) is 4.99 Å². The lowest BCUT2D eigenvalue weighted by atomic mass is 9.92. The van der Waals surface area contributed by atoms with Gasteiger partial charge in [-0.2, -0.15) is 4.99 Å². The smallest absolute Gasteiger partial charge is 0.314 e. The van der Waals surface area contributed by atoms with Gasteiger partial charge in [0.1, 0.15) is 11.9 Å². The van der Waals surface area contributed by atoms with Crippen molar-refractivity contribution in [3.8, 4) is 0 Å². The largest absolute Gasteiger partial charge is 0.351 e. The lowest BCUT2D eigenvalue weighted by molar-refractivity contribution is -0.709. The Labute approximate surface area is 126 Å². The molecule has 3 aliphatic rings. The summed E-state index contributed by atoms with van der Waals surface area (Å²) in [4.78, 5) is 21.8. The van der Waals surface area contributed by atoms with Crippen LogP contribution in [-0.4, -0.2) is 46.5 Å². The molecule has 0 aliphatic carbocycles. The molecule has 2 amide bonds. The maximum Gasteiger partial charge on any atom is 0.314 e. The second-order valence-corrected chi connectivity index (χ2v) is 6.11. The number of carbonyl (C=O) groups is 1. The highest BCUT2D eigenvalue weighted by atomic mass is 79.9. The summed E-state index contributed by atoms with van der Waals surface area (Å²) >= 11 is 3.56. The number of carbonyl (C=O) groups excluding carboxylic acids is 1. The van der Waals surface area contributed by atoms with E-state index in [0.29, 0.717) is 23.5 Å². The number of rotatable bonds is 1. The van der Waals surface area contributed by atoms with Crippen LogP contribution in [0.4, 0.5) is 4.79 Å². The molecule has 6 nitrogen and oxygen atoms in total. The number of allylic oxidation sites excluding steroid dienone is 2. The first kappa shape index (κ1) is 13.5. The van der Waals surface area contributed by atoms with Crippen molar-refractivity contribution >= 4 is 32.9 Å². The molecule has 106 valence electrons. The Morgan fingerprint density at radius 3 is 2.85 bits per heavy atom. The normalized spacial score (nSPS) is 29.7. The van der Waals surface area contributed by atoms with Crippen LogP contribution in [0, 0.1) is 5.92 Å². The number of nitrogens with zero attached hydrogens (tertiary/aromatic N) is 4. The molecule has 0 aromatic rings. The number of halogens is 1. The maximum absolute atomic E-state index is 11.2. The van der Waals surface area contributed by atoms with E-state index in [4.69, 9.17) is 10.7 Å². The fourth-order valence-corrected chi connectivity index (χ4v) is 3.39. The van der Waals surface area contributed by atoms with E-state index in [9.17, 15) is 4.79 Å². The zero-order chi connectivity index (χ0) is 14.3. The van der Waals surface area contributed by atoms with Crippen molar-refractivity contribution < 1.29 is 9.28 Å². The zero-order valence-corrected chi connectivity index (χ0v) is 12.9. The molecule has 0 spiro atoms. The number of likely N-dealkylation sites (tertiary alicyclic amines) is 1. The predicted molar refractivity (Wildman–Crippen MR) is 81.1 cm³/mol. The second-order valence-electron chi connectivity index (χ2n) is 5.40. The van der Waals surface area contributed by atoms with Gasteiger partial charge in [-0.05, 0) is 12.8 Å². The van der Waals surface area contributed by atoms with Crippen LogP contribution in [0.15, 0.2) is 33.8 Å². The van der Waals surface area contributed by atoms with Crippen LogP contribution in [0.3, 0.4) is 0 Å². The van der Waals surface area contributed by atoms with E-state index in [1.807, 2.05) is 12.4 Å². The van der Waals surface area contributed by atoms with Gasteiger partial charge in [-0.15, -0.1) is 0 Å². The number of hydrogen-bond donors (Lipinski definition) is 1. The van der Waals surface area contributed by atoms with E-state index < -0.39 is 0 Å². The van der Waals surface area contributed by atoms with E-state index in [2.05, 4.69) is 28.0 Å². The Kier molecular flexibility index (Phi) is 3.25. The van der Waals surface area contributed by atoms with Gasteiger partial charge in [0.2, 0.25) is 0 Å².